The number of amides is 1. The quantitative estimate of drug-likeness (QED) is 0.802. The Bertz CT molecular complexity index is 484. The molecule has 98 valence electrons. The number of hydrogen-bond donors (Lipinski definition) is 2. The molecule has 1 saturated heterocycles. The van der Waals surface area contributed by atoms with Crippen molar-refractivity contribution in [3.8, 4) is 0 Å². The van der Waals surface area contributed by atoms with Crippen LogP contribution in [0.5, 0.6) is 0 Å². The van der Waals surface area contributed by atoms with Crippen LogP contribution in [0.25, 0.3) is 0 Å². The van der Waals surface area contributed by atoms with Crippen LogP contribution < -0.4 is 0 Å². The van der Waals surface area contributed by atoms with Crippen LogP contribution in [0.4, 0.5) is 0 Å². The molecule has 0 spiro atoms. The Kier molecular flexibility index (Phi) is 3.06. The van der Waals surface area contributed by atoms with Crippen LogP contribution in [-0.2, 0) is 4.79 Å². The molecule has 18 heavy (non-hydrogen) atoms. The van der Waals surface area contributed by atoms with E-state index in [0.29, 0.717) is 18.7 Å². The molecule has 0 radical (unpaired) electrons. The number of likely N-dealkylation sites (tertiary alicyclic amines) is 1. The third kappa shape index (κ3) is 1.85. The van der Waals surface area contributed by atoms with Gasteiger partial charge in [-0.3, -0.25) is 4.79 Å². The molecule has 1 aliphatic heterocycles. The molecule has 0 unspecified atom stereocenters. The van der Waals surface area contributed by atoms with E-state index in [1.165, 1.54) is 4.90 Å². The topological polar surface area (TPSA) is 99.2 Å². The summed E-state index contributed by atoms with van der Waals surface area (Å²) in [7, 11) is 0. The zero-order valence-electron chi connectivity index (χ0n) is 10.4. The van der Waals surface area contributed by atoms with Crippen molar-refractivity contribution in [2.45, 2.75) is 38.6 Å². The molecular weight excluding hydrogens is 236 g/mol. The van der Waals surface area contributed by atoms with Crippen LogP contribution in [0.15, 0.2) is 0 Å². The monoisotopic (exact) mass is 252 g/mol. The number of aliphatic carboxylic acids is 1. The molecule has 2 N–H and O–H groups in total. The molecule has 0 saturated carbocycles. The molecule has 2 rings (SSSR count). The maximum atomic E-state index is 12.3. The Balaban J connectivity index is 2.33. The van der Waals surface area contributed by atoms with Crippen LogP contribution in [0, 0.1) is 6.92 Å². The fourth-order valence-corrected chi connectivity index (χ4v) is 2.28. The second-order valence-corrected chi connectivity index (χ2v) is 4.75. The minimum absolute atomic E-state index is 0.198. The SMILES string of the molecule is Cc1n[nH]nc1C(=O)N1CCCC[C@]1(C)C(=O)O. The molecule has 1 aromatic rings. The average molecular weight is 252 g/mol. The average Bonchev–Trinajstić information content (AvgIpc) is 2.75. The van der Waals surface area contributed by atoms with Crippen molar-refractivity contribution in [2.24, 2.45) is 0 Å². The van der Waals surface area contributed by atoms with E-state index in [4.69, 9.17) is 0 Å². The number of hydrogen-bond acceptors (Lipinski definition) is 4. The molecule has 0 aliphatic carbocycles. The molecule has 1 amide bonds. The van der Waals surface area contributed by atoms with Gasteiger partial charge in [-0.2, -0.15) is 15.4 Å². The Morgan fingerprint density at radius 3 is 2.67 bits per heavy atom. The maximum Gasteiger partial charge on any atom is 0.329 e. The number of nitrogens with one attached hydrogen (secondary N) is 1. The number of carboxylic acid groups (broad SMARTS) is 1. The van der Waals surface area contributed by atoms with Crippen molar-refractivity contribution < 1.29 is 14.7 Å². The predicted molar refractivity (Wildman–Crippen MR) is 62.0 cm³/mol. The largest absolute Gasteiger partial charge is 0.480 e. The van der Waals surface area contributed by atoms with E-state index in [1.807, 2.05) is 0 Å². The lowest BCUT2D eigenvalue weighted by atomic mass is 9.88. The smallest absolute Gasteiger partial charge is 0.329 e. The van der Waals surface area contributed by atoms with Gasteiger partial charge in [0, 0.05) is 6.54 Å². The van der Waals surface area contributed by atoms with Gasteiger partial charge in [0.1, 0.15) is 5.54 Å². The molecule has 2 heterocycles. The number of carboxylic acids is 1. The molecule has 7 heteroatoms. The molecule has 1 fully saturated rings. The fourth-order valence-electron chi connectivity index (χ4n) is 2.28. The summed E-state index contributed by atoms with van der Waals surface area (Å²) in [5.74, 6) is -1.34. The van der Waals surface area contributed by atoms with Gasteiger partial charge < -0.3 is 10.0 Å². The zero-order valence-corrected chi connectivity index (χ0v) is 10.4. The number of carbonyl (C=O) groups excluding carboxylic acids is 1. The van der Waals surface area contributed by atoms with Crippen molar-refractivity contribution in [1.82, 2.24) is 20.3 Å². The lowest BCUT2D eigenvalue weighted by Crippen LogP contribution is -2.57. The van der Waals surface area contributed by atoms with Gasteiger partial charge in [-0.15, -0.1) is 0 Å². The number of aromatic nitrogens is 3. The first-order valence-electron chi connectivity index (χ1n) is 5.89. The van der Waals surface area contributed by atoms with Gasteiger partial charge in [-0.1, -0.05) is 0 Å². The lowest BCUT2D eigenvalue weighted by molar-refractivity contribution is -0.150. The third-order valence-corrected chi connectivity index (χ3v) is 3.52. The summed E-state index contributed by atoms with van der Waals surface area (Å²) in [5.41, 5.74) is -0.469. The molecule has 1 aromatic heterocycles. The molecule has 0 bridgehead atoms. The van der Waals surface area contributed by atoms with Crippen LogP contribution in [-0.4, -0.2) is 49.4 Å². The zero-order chi connectivity index (χ0) is 13.3. The summed E-state index contributed by atoms with van der Waals surface area (Å²) < 4.78 is 0. The third-order valence-electron chi connectivity index (χ3n) is 3.52. The van der Waals surface area contributed by atoms with Crippen molar-refractivity contribution in [3.63, 3.8) is 0 Å². The summed E-state index contributed by atoms with van der Waals surface area (Å²) >= 11 is 0. The predicted octanol–water partition coefficient (Wildman–Crippen LogP) is 0.583. The summed E-state index contributed by atoms with van der Waals surface area (Å²) in [4.78, 5) is 25.1. The van der Waals surface area contributed by atoms with Crippen molar-refractivity contribution in [1.29, 1.82) is 0 Å². The first-order valence-corrected chi connectivity index (χ1v) is 5.89. The van der Waals surface area contributed by atoms with Gasteiger partial charge in [0.2, 0.25) is 0 Å². The molecular formula is C11H16N4O3. The summed E-state index contributed by atoms with van der Waals surface area (Å²) in [6, 6.07) is 0. The van der Waals surface area contributed by atoms with Gasteiger partial charge in [0.05, 0.1) is 5.69 Å². The normalized spacial score (nSPS) is 24.0. The van der Waals surface area contributed by atoms with Gasteiger partial charge in [0.15, 0.2) is 5.69 Å². The van der Waals surface area contributed by atoms with Gasteiger partial charge in [0.25, 0.3) is 5.91 Å². The number of aromatic amines is 1. The second kappa shape index (κ2) is 4.40. The number of rotatable bonds is 2. The van der Waals surface area contributed by atoms with Crippen molar-refractivity contribution >= 4 is 11.9 Å². The van der Waals surface area contributed by atoms with E-state index in [2.05, 4.69) is 15.4 Å². The first kappa shape index (κ1) is 12.5. The van der Waals surface area contributed by atoms with Crippen LogP contribution in [0.2, 0.25) is 0 Å². The van der Waals surface area contributed by atoms with Crippen LogP contribution in [0.3, 0.4) is 0 Å². The number of aryl methyl sites for hydroxylation is 1. The summed E-state index contributed by atoms with van der Waals surface area (Å²) in [5, 5.41) is 19.3. The fraction of sp³-hybridized carbons (Fsp3) is 0.636. The van der Waals surface area contributed by atoms with E-state index in [1.54, 1.807) is 13.8 Å². The highest BCUT2D eigenvalue weighted by Crippen LogP contribution is 2.29. The highest BCUT2D eigenvalue weighted by molar-refractivity contribution is 5.97. The molecule has 0 aromatic carbocycles. The molecule has 7 nitrogen and oxygen atoms in total. The highest BCUT2D eigenvalue weighted by atomic mass is 16.4. The van der Waals surface area contributed by atoms with Crippen LogP contribution >= 0.6 is 0 Å². The standard InChI is InChI=1S/C11H16N4O3/c1-7-8(13-14-12-7)9(16)15-6-4-3-5-11(15,2)10(17)18/h3-6H2,1-2H3,(H,17,18)(H,12,13,14)/t11-/m1/s1. The van der Waals surface area contributed by atoms with Crippen LogP contribution in [0.1, 0.15) is 42.4 Å². The van der Waals surface area contributed by atoms with E-state index < -0.39 is 11.5 Å². The second-order valence-electron chi connectivity index (χ2n) is 4.75. The van der Waals surface area contributed by atoms with E-state index in [0.717, 1.165) is 12.8 Å². The van der Waals surface area contributed by atoms with Gasteiger partial charge in [-0.05, 0) is 33.1 Å². The Morgan fingerprint density at radius 2 is 2.11 bits per heavy atom. The lowest BCUT2D eigenvalue weighted by Gasteiger charge is -2.41. The highest BCUT2D eigenvalue weighted by Gasteiger charge is 2.44. The molecule has 1 atom stereocenters. The first-order chi connectivity index (χ1) is 8.47. The Hall–Kier alpha value is -1.92. The van der Waals surface area contributed by atoms with Gasteiger partial charge >= 0.3 is 5.97 Å². The van der Waals surface area contributed by atoms with E-state index in [-0.39, 0.29) is 11.6 Å². The molecule has 1 aliphatic rings. The summed E-state index contributed by atoms with van der Waals surface area (Å²) in [6.45, 7) is 3.69. The number of piperidine rings is 1. The minimum Gasteiger partial charge on any atom is -0.480 e. The van der Waals surface area contributed by atoms with Crippen molar-refractivity contribution in [2.75, 3.05) is 6.54 Å². The number of carbonyl (C=O) groups is 2. The van der Waals surface area contributed by atoms with E-state index >= 15 is 0 Å². The summed E-state index contributed by atoms with van der Waals surface area (Å²) in [6.07, 6.45) is 2.08. The van der Waals surface area contributed by atoms with Gasteiger partial charge in [-0.25, -0.2) is 4.79 Å². The van der Waals surface area contributed by atoms with E-state index in [9.17, 15) is 14.7 Å². The Morgan fingerprint density at radius 1 is 1.39 bits per heavy atom. The number of nitrogens with zero attached hydrogens (tertiary/aromatic N) is 3. The Labute approximate surface area is 104 Å². The minimum atomic E-state index is -1.15. The van der Waals surface area contributed by atoms with Crippen molar-refractivity contribution in [3.05, 3.63) is 11.4 Å². The maximum absolute atomic E-state index is 12.3. The number of H-pyrrole nitrogens is 1.